The summed E-state index contributed by atoms with van der Waals surface area (Å²) in [5.74, 6) is -2.37. The molecule has 6 atom stereocenters. The van der Waals surface area contributed by atoms with Gasteiger partial charge in [-0.15, -0.1) is 4.52 Å². The van der Waals surface area contributed by atoms with Crippen LogP contribution in [-0.2, 0) is 32.8 Å². The molecular formula is C28H25O11P. The van der Waals surface area contributed by atoms with E-state index in [1.54, 1.807) is 54.6 Å². The summed E-state index contributed by atoms with van der Waals surface area (Å²) in [6.45, 7) is -0.500. The van der Waals surface area contributed by atoms with E-state index in [4.69, 9.17) is 28.2 Å². The molecule has 208 valence electrons. The number of methoxy groups -OCH3 is 1. The van der Waals surface area contributed by atoms with Crippen LogP contribution in [-0.4, -0.2) is 62.3 Å². The van der Waals surface area contributed by atoms with Crippen LogP contribution in [0.25, 0.3) is 0 Å². The molecule has 3 aromatic carbocycles. The Morgan fingerprint density at radius 3 is 1.62 bits per heavy atom. The van der Waals surface area contributed by atoms with E-state index in [-0.39, 0.29) is 16.7 Å². The quantitative estimate of drug-likeness (QED) is 0.202. The van der Waals surface area contributed by atoms with Crippen LogP contribution >= 0.6 is 8.25 Å². The van der Waals surface area contributed by atoms with Crippen LogP contribution in [0.5, 0.6) is 0 Å². The van der Waals surface area contributed by atoms with E-state index in [2.05, 4.69) is 0 Å². The molecule has 0 saturated carbocycles. The molecule has 12 heteroatoms. The predicted octanol–water partition coefficient (Wildman–Crippen LogP) is 3.07. The second kappa shape index (κ2) is 13.9. The highest BCUT2D eigenvalue weighted by Gasteiger charge is 2.54. The maximum atomic E-state index is 13.1. The normalized spacial score (nSPS) is 22.6. The van der Waals surface area contributed by atoms with Gasteiger partial charge in [0.2, 0.25) is 0 Å². The third-order valence-corrected chi connectivity index (χ3v) is 6.34. The fraction of sp³-hybridized carbons (Fsp3) is 0.250. The van der Waals surface area contributed by atoms with E-state index >= 15 is 0 Å². The summed E-state index contributed by atoms with van der Waals surface area (Å²) in [4.78, 5) is 50.3. The van der Waals surface area contributed by atoms with Crippen molar-refractivity contribution < 1.29 is 52.1 Å². The number of ether oxygens (including phenoxy) is 5. The van der Waals surface area contributed by atoms with Crippen molar-refractivity contribution in [2.75, 3.05) is 13.7 Å². The Kier molecular flexibility index (Phi) is 10.1. The lowest BCUT2D eigenvalue weighted by Gasteiger charge is -2.42. The summed E-state index contributed by atoms with van der Waals surface area (Å²) in [7, 11) is -2.26. The molecule has 11 nitrogen and oxygen atoms in total. The van der Waals surface area contributed by atoms with Crippen molar-refractivity contribution >= 4 is 26.2 Å². The highest BCUT2D eigenvalue weighted by atomic mass is 31.1. The molecule has 4 rings (SSSR count). The number of rotatable bonds is 10. The molecular weight excluding hydrogens is 543 g/mol. The van der Waals surface area contributed by atoms with E-state index in [1.807, 2.05) is 0 Å². The molecule has 1 aliphatic heterocycles. The minimum Gasteiger partial charge on any atom is -0.566 e. The summed E-state index contributed by atoms with van der Waals surface area (Å²) in [6.07, 6.45) is -7.24. The van der Waals surface area contributed by atoms with E-state index in [0.29, 0.717) is 0 Å². The minimum atomic E-state index is -3.52. The summed E-state index contributed by atoms with van der Waals surface area (Å²) in [6, 6.07) is 24.0. The van der Waals surface area contributed by atoms with Gasteiger partial charge in [0.25, 0.3) is 0 Å². The van der Waals surface area contributed by atoms with Crippen molar-refractivity contribution in [3.63, 3.8) is 0 Å². The van der Waals surface area contributed by atoms with Gasteiger partial charge in [0.05, 0.1) is 16.7 Å². The zero-order chi connectivity index (χ0) is 28.5. The van der Waals surface area contributed by atoms with Gasteiger partial charge in [0.15, 0.2) is 24.6 Å². The number of hydrogen-bond acceptors (Lipinski definition) is 11. The van der Waals surface area contributed by atoms with Crippen LogP contribution < -0.4 is 4.89 Å². The van der Waals surface area contributed by atoms with Gasteiger partial charge in [-0.25, -0.2) is 14.4 Å². The van der Waals surface area contributed by atoms with Gasteiger partial charge in [0.1, 0.15) is 12.7 Å². The predicted molar refractivity (Wildman–Crippen MR) is 136 cm³/mol. The zero-order valence-electron chi connectivity index (χ0n) is 21.2. The van der Waals surface area contributed by atoms with Crippen molar-refractivity contribution in [2.45, 2.75) is 30.7 Å². The van der Waals surface area contributed by atoms with Crippen LogP contribution in [0.1, 0.15) is 31.1 Å². The van der Waals surface area contributed by atoms with E-state index < -0.39 is 63.5 Å². The fourth-order valence-electron chi connectivity index (χ4n) is 4.04. The Morgan fingerprint density at radius 2 is 1.18 bits per heavy atom. The first-order valence-corrected chi connectivity index (χ1v) is 13.2. The van der Waals surface area contributed by atoms with Gasteiger partial charge >= 0.3 is 26.2 Å². The van der Waals surface area contributed by atoms with Gasteiger partial charge in [0, 0.05) is 7.11 Å². The van der Waals surface area contributed by atoms with Crippen LogP contribution in [0.4, 0.5) is 0 Å². The lowest BCUT2D eigenvalue weighted by molar-refractivity contribution is -0.294. The van der Waals surface area contributed by atoms with Gasteiger partial charge in [-0.05, 0) is 41.0 Å². The lowest BCUT2D eigenvalue weighted by atomic mass is 9.98. The van der Waals surface area contributed by atoms with Gasteiger partial charge in [-0.1, -0.05) is 54.6 Å². The van der Waals surface area contributed by atoms with E-state index in [9.17, 15) is 23.8 Å². The van der Waals surface area contributed by atoms with Gasteiger partial charge in [-0.3, -0.25) is 0 Å². The van der Waals surface area contributed by atoms with Crippen molar-refractivity contribution in [1.29, 1.82) is 0 Å². The Labute approximate surface area is 230 Å². The molecule has 0 radical (unpaired) electrons. The topological polar surface area (TPSA) is 147 Å². The summed E-state index contributed by atoms with van der Waals surface area (Å²) in [5.41, 5.74) is 0.570. The highest BCUT2D eigenvalue weighted by molar-refractivity contribution is 7.30. The molecule has 3 aromatic rings. The van der Waals surface area contributed by atoms with Gasteiger partial charge < -0.3 is 28.6 Å². The molecule has 40 heavy (non-hydrogen) atoms. The van der Waals surface area contributed by atoms with Crippen molar-refractivity contribution in [3.8, 4) is 0 Å². The largest absolute Gasteiger partial charge is 0.566 e. The third-order valence-electron chi connectivity index (χ3n) is 5.92. The molecule has 0 aliphatic carbocycles. The molecule has 1 aliphatic rings. The van der Waals surface area contributed by atoms with Crippen molar-refractivity contribution in [2.24, 2.45) is 0 Å². The maximum absolute atomic E-state index is 13.1. The number of carbonyl (C=O) groups excluding carboxylic acids is 3. The van der Waals surface area contributed by atoms with Crippen LogP contribution in [0, 0.1) is 0 Å². The fourth-order valence-corrected chi connectivity index (χ4v) is 4.49. The summed E-state index contributed by atoms with van der Waals surface area (Å²) < 4.78 is 44.8. The summed E-state index contributed by atoms with van der Waals surface area (Å²) in [5, 5.41) is 0. The first kappa shape index (κ1) is 29.0. The van der Waals surface area contributed by atoms with Crippen LogP contribution in [0.15, 0.2) is 91.0 Å². The molecule has 0 amide bonds. The highest BCUT2D eigenvalue weighted by Crippen LogP contribution is 2.34. The monoisotopic (exact) mass is 568 g/mol. The summed E-state index contributed by atoms with van der Waals surface area (Å²) >= 11 is 0. The van der Waals surface area contributed by atoms with Crippen molar-refractivity contribution in [1.82, 2.24) is 0 Å². The first-order valence-electron chi connectivity index (χ1n) is 12.1. The maximum Gasteiger partial charge on any atom is 0.488 e. The molecule has 0 bridgehead atoms. The number of hydrogen-bond donors (Lipinski definition) is 0. The average Bonchev–Trinajstić information content (AvgIpc) is 2.99. The molecule has 0 aromatic heterocycles. The number of carbonyl (C=O) groups is 3. The van der Waals surface area contributed by atoms with E-state index in [0.717, 1.165) is 0 Å². The first-order chi connectivity index (χ1) is 19.4. The van der Waals surface area contributed by atoms with E-state index in [1.165, 1.54) is 43.5 Å². The van der Waals surface area contributed by atoms with Crippen LogP contribution in [0.2, 0.25) is 0 Å². The lowest BCUT2D eigenvalue weighted by Crippen LogP contribution is -2.62. The third kappa shape index (κ3) is 7.35. The minimum absolute atomic E-state index is 0.147. The molecule has 0 spiro atoms. The standard InChI is InChI=1S/C28H25O11P/c1-34-28-24(38-27(31)20-15-9-4-10-16-20)23(37-26(30)19-13-7-3-8-14-19)22(39-40(32)33)21(36-28)17-35-25(29)18-11-5-2-6-12-18/h2-16,21-24,28H,17H2,1H3/t21-,22+,23+,24-,28-/m1/s1. The molecule has 1 fully saturated rings. The molecule has 1 unspecified atom stereocenters. The molecule has 0 N–H and O–H groups in total. The SMILES string of the molecule is CO[C@@H]1O[C@H](COC(=O)c2ccccc2)[C@H](O[P+](=O)[O-])[C@H](OC(=O)c2ccccc2)[C@H]1OC(=O)c1ccccc1. The zero-order valence-corrected chi connectivity index (χ0v) is 22.1. The Bertz CT molecular complexity index is 1300. The smallest absolute Gasteiger partial charge is 0.488 e. The molecule has 1 saturated heterocycles. The molecule has 1 heterocycles. The van der Waals surface area contributed by atoms with Gasteiger partial charge in [-0.2, -0.15) is 0 Å². The second-order valence-corrected chi connectivity index (χ2v) is 9.17. The van der Waals surface area contributed by atoms with Crippen molar-refractivity contribution in [3.05, 3.63) is 108 Å². The van der Waals surface area contributed by atoms with Crippen LogP contribution in [0.3, 0.4) is 0 Å². The Hall–Kier alpha value is -3.99. The Morgan fingerprint density at radius 1 is 0.725 bits per heavy atom. The second-order valence-electron chi connectivity index (χ2n) is 8.51. The average molecular weight is 568 g/mol. The number of benzene rings is 3. The Balaban J connectivity index is 1.64. The number of esters is 3.